The standard InChI is InChI=1S/C31H48O3/c1-26(2)23-9-10-24-29(6)12-11-20(19-8-7-18-15-22(19)34-27(18,3)4)28(29,5)13-14-30(24)17-31(23,30)16-21(32)25(26)33/h18-20,22-25,33H,7-17H2,1-6H3. The Kier molecular flexibility index (Phi) is 4.25. The van der Waals surface area contributed by atoms with Gasteiger partial charge in [-0.25, -0.2) is 0 Å². The minimum Gasteiger partial charge on any atom is -0.385 e. The molecule has 3 heteroatoms. The van der Waals surface area contributed by atoms with Crippen LogP contribution in [0.5, 0.6) is 0 Å². The van der Waals surface area contributed by atoms with Gasteiger partial charge in [0.05, 0.1) is 11.7 Å². The number of carbonyl (C=O) groups excluding carboxylic acids is 1. The van der Waals surface area contributed by atoms with Crippen molar-refractivity contribution in [2.45, 2.75) is 130 Å². The van der Waals surface area contributed by atoms with Crippen molar-refractivity contribution in [1.29, 1.82) is 0 Å². The minimum atomic E-state index is -0.761. The predicted molar refractivity (Wildman–Crippen MR) is 133 cm³/mol. The van der Waals surface area contributed by atoms with Crippen molar-refractivity contribution in [3.05, 3.63) is 0 Å². The summed E-state index contributed by atoms with van der Waals surface area (Å²) in [6.45, 7) is 14.4. The number of hydrogen-bond donors (Lipinski definition) is 1. The van der Waals surface area contributed by atoms with Gasteiger partial charge < -0.3 is 9.84 Å². The van der Waals surface area contributed by atoms with Crippen molar-refractivity contribution in [2.24, 2.45) is 56.7 Å². The monoisotopic (exact) mass is 468 g/mol. The van der Waals surface area contributed by atoms with E-state index in [4.69, 9.17) is 4.74 Å². The maximum Gasteiger partial charge on any atom is 0.162 e. The van der Waals surface area contributed by atoms with Crippen LogP contribution < -0.4 is 0 Å². The summed E-state index contributed by atoms with van der Waals surface area (Å²) in [5.74, 6) is 3.71. The summed E-state index contributed by atoms with van der Waals surface area (Å²) in [7, 11) is 0. The SMILES string of the molecule is CC1(C)OC2CC1CCC2C1CCC2(C)C3CCC4C(C)(C)C(O)C(=O)CC45CC35CCC12C. The first-order valence-corrected chi connectivity index (χ1v) is 14.7. The molecular weight excluding hydrogens is 420 g/mol. The van der Waals surface area contributed by atoms with Crippen LogP contribution in [0.1, 0.15) is 112 Å². The van der Waals surface area contributed by atoms with E-state index in [1.165, 1.54) is 64.2 Å². The second kappa shape index (κ2) is 6.35. The third-order valence-corrected chi connectivity index (χ3v) is 14.7. The Morgan fingerprint density at radius 2 is 1.56 bits per heavy atom. The van der Waals surface area contributed by atoms with Gasteiger partial charge in [0.1, 0.15) is 6.10 Å². The zero-order chi connectivity index (χ0) is 24.1. The number of ether oxygens (including phenoxy) is 1. The molecular formula is C31H48O3. The molecule has 7 fully saturated rings. The molecule has 7 aliphatic rings. The van der Waals surface area contributed by atoms with Crippen LogP contribution in [-0.4, -0.2) is 28.7 Å². The third-order valence-electron chi connectivity index (χ3n) is 14.7. The molecule has 34 heavy (non-hydrogen) atoms. The maximum atomic E-state index is 13.1. The van der Waals surface area contributed by atoms with Gasteiger partial charge in [0.15, 0.2) is 5.78 Å². The number of carbonyl (C=O) groups is 1. The molecule has 2 spiro atoms. The summed E-state index contributed by atoms with van der Waals surface area (Å²) in [5, 5.41) is 10.8. The lowest BCUT2D eigenvalue weighted by atomic mass is 9.41. The summed E-state index contributed by atoms with van der Waals surface area (Å²) in [6.07, 6.45) is 13.6. The van der Waals surface area contributed by atoms with E-state index in [0.717, 1.165) is 23.7 Å². The van der Waals surface area contributed by atoms with Crippen molar-refractivity contribution in [1.82, 2.24) is 0 Å². The van der Waals surface area contributed by atoms with Gasteiger partial charge in [0, 0.05) is 11.8 Å². The van der Waals surface area contributed by atoms with Crippen molar-refractivity contribution in [3.8, 4) is 0 Å². The fraction of sp³-hybridized carbons (Fsp3) is 0.968. The van der Waals surface area contributed by atoms with Crippen LogP contribution >= 0.6 is 0 Å². The van der Waals surface area contributed by atoms with Gasteiger partial charge in [-0.1, -0.05) is 27.7 Å². The summed E-state index contributed by atoms with van der Waals surface area (Å²) < 4.78 is 6.74. The highest BCUT2D eigenvalue weighted by Gasteiger charge is 2.83. The number of Topliss-reactive ketones (excluding diaryl/α,β-unsaturated/α-hetero) is 1. The Balaban J connectivity index is 1.21. The number of hydrogen-bond acceptors (Lipinski definition) is 3. The molecule has 1 aliphatic heterocycles. The smallest absolute Gasteiger partial charge is 0.162 e. The molecule has 0 aromatic heterocycles. The molecule has 3 nitrogen and oxygen atoms in total. The first-order valence-electron chi connectivity index (χ1n) is 14.7. The molecule has 0 aromatic carbocycles. The zero-order valence-corrected chi connectivity index (χ0v) is 22.6. The Morgan fingerprint density at radius 1 is 0.824 bits per heavy atom. The number of aliphatic hydroxyl groups is 1. The topological polar surface area (TPSA) is 46.5 Å². The molecule has 190 valence electrons. The Bertz CT molecular complexity index is 937. The molecule has 1 saturated heterocycles. The Morgan fingerprint density at radius 3 is 2.32 bits per heavy atom. The number of aliphatic hydroxyl groups excluding tert-OH is 1. The predicted octanol–water partition coefficient (Wildman–Crippen LogP) is 6.56. The van der Waals surface area contributed by atoms with Crippen LogP contribution in [-0.2, 0) is 9.53 Å². The number of ketones is 1. The average molecular weight is 469 g/mol. The molecule has 6 aliphatic carbocycles. The van der Waals surface area contributed by atoms with Crippen molar-refractivity contribution >= 4 is 5.78 Å². The molecule has 6 saturated carbocycles. The minimum absolute atomic E-state index is 0.0719. The Hall–Kier alpha value is -0.410. The molecule has 1 heterocycles. The van der Waals surface area contributed by atoms with Crippen molar-refractivity contribution in [3.63, 3.8) is 0 Å². The molecule has 1 N–H and O–H groups in total. The largest absolute Gasteiger partial charge is 0.385 e. The van der Waals surface area contributed by atoms with Crippen LogP contribution in [0.4, 0.5) is 0 Å². The first-order chi connectivity index (χ1) is 15.8. The highest BCUT2D eigenvalue weighted by Crippen LogP contribution is 2.89. The molecule has 0 aromatic rings. The van der Waals surface area contributed by atoms with E-state index < -0.39 is 6.10 Å². The summed E-state index contributed by atoms with van der Waals surface area (Å²) in [6, 6.07) is 0. The molecule has 0 radical (unpaired) electrons. The second-order valence-electron chi connectivity index (χ2n) is 16.0. The molecule has 11 unspecified atom stereocenters. The van der Waals surface area contributed by atoms with E-state index in [1.807, 2.05) is 0 Å². The van der Waals surface area contributed by atoms with Crippen LogP contribution in [0.3, 0.4) is 0 Å². The fourth-order valence-electron chi connectivity index (χ4n) is 12.8. The van der Waals surface area contributed by atoms with Crippen LogP contribution in [0.15, 0.2) is 0 Å². The van der Waals surface area contributed by atoms with Crippen molar-refractivity contribution in [2.75, 3.05) is 0 Å². The zero-order valence-electron chi connectivity index (χ0n) is 22.6. The normalized spacial score (nSPS) is 60.7. The third kappa shape index (κ3) is 2.33. The fourth-order valence-corrected chi connectivity index (χ4v) is 12.8. The molecule has 11 atom stereocenters. The van der Waals surface area contributed by atoms with Crippen LogP contribution in [0.2, 0.25) is 0 Å². The number of fused-ring (bicyclic) bond motifs is 4. The van der Waals surface area contributed by atoms with E-state index in [0.29, 0.717) is 34.7 Å². The van der Waals surface area contributed by atoms with Gasteiger partial charge in [-0.2, -0.15) is 0 Å². The molecule has 2 bridgehead atoms. The summed E-state index contributed by atoms with van der Waals surface area (Å²) in [4.78, 5) is 13.1. The summed E-state index contributed by atoms with van der Waals surface area (Å²) >= 11 is 0. The maximum absolute atomic E-state index is 13.1. The van der Waals surface area contributed by atoms with E-state index in [9.17, 15) is 9.90 Å². The first kappa shape index (κ1) is 22.8. The van der Waals surface area contributed by atoms with Gasteiger partial charge in [-0.3, -0.25) is 4.79 Å². The highest BCUT2D eigenvalue weighted by molar-refractivity contribution is 5.86. The van der Waals surface area contributed by atoms with Gasteiger partial charge in [0.2, 0.25) is 0 Å². The summed E-state index contributed by atoms with van der Waals surface area (Å²) in [5.41, 5.74) is 1.15. The molecule has 7 rings (SSSR count). The van der Waals surface area contributed by atoms with Crippen molar-refractivity contribution < 1.29 is 14.6 Å². The Labute approximate surface area is 207 Å². The second-order valence-corrected chi connectivity index (χ2v) is 16.0. The van der Waals surface area contributed by atoms with Gasteiger partial charge in [-0.15, -0.1) is 0 Å². The van der Waals surface area contributed by atoms with E-state index >= 15 is 0 Å². The van der Waals surface area contributed by atoms with Gasteiger partial charge >= 0.3 is 0 Å². The lowest BCUT2D eigenvalue weighted by molar-refractivity contribution is -0.175. The highest BCUT2D eigenvalue weighted by atomic mass is 16.5. The average Bonchev–Trinajstić information content (AvgIpc) is 3.25. The molecule has 0 amide bonds. The van der Waals surface area contributed by atoms with E-state index in [-0.39, 0.29) is 22.2 Å². The lowest BCUT2D eigenvalue weighted by Gasteiger charge is -2.63. The lowest BCUT2D eigenvalue weighted by Crippen LogP contribution is -2.59. The van der Waals surface area contributed by atoms with Crippen LogP contribution in [0, 0.1) is 56.7 Å². The van der Waals surface area contributed by atoms with Crippen LogP contribution in [0.25, 0.3) is 0 Å². The van der Waals surface area contributed by atoms with Gasteiger partial charge in [0.25, 0.3) is 0 Å². The van der Waals surface area contributed by atoms with E-state index in [1.54, 1.807) is 0 Å². The quantitative estimate of drug-likeness (QED) is 0.474. The number of rotatable bonds is 1. The van der Waals surface area contributed by atoms with Gasteiger partial charge in [-0.05, 0) is 129 Å². The van der Waals surface area contributed by atoms with E-state index in [2.05, 4.69) is 41.5 Å².